The van der Waals surface area contributed by atoms with Gasteiger partial charge >= 0.3 is 5.97 Å². The fourth-order valence-electron chi connectivity index (χ4n) is 11.3. The van der Waals surface area contributed by atoms with Crippen molar-refractivity contribution in [2.75, 3.05) is 13.2 Å². The number of ether oxygens (including phenoxy) is 1. The first-order valence-electron chi connectivity index (χ1n) is 32.1. The predicted octanol–water partition coefficient (Wildman–Crippen LogP) is 3.75. The van der Waals surface area contributed by atoms with Crippen LogP contribution < -0.4 is 43.0 Å². The van der Waals surface area contributed by atoms with Gasteiger partial charge in [-0.3, -0.25) is 52.7 Å². The number of benzene rings is 1. The number of Topliss-reactive ketones (excluding diaryl/α,β-unsaturated/α-hetero) is 3. The number of nitrogens with one attached hydrogen (secondary N) is 7. The molecule has 1 saturated carbocycles. The lowest BCUT2D eigenvalue weighted by Crippen LogP contribution is -2.59. The Balaban J connectivity index is 1.85. The van der Waals surface area contributed by atoms with Crippen LogP contribution in [-0.2, 0) is 68.7 Å². The minimum Gasteiger partial charge on any atom is -0.458 e. The van der Waals surface area contributed by atoms with Crippen LogP contribution in [0.1, 0.15) is 184 Å². The van der Waals surface area contributed by atoms with Gasteiger partial charge in [0.25, 0.3) is 0 Å². The number of ketones is 3. The Bertz CT molecular complexity index is 2510. The summed E-state index contributed by atoms with van der Waals surface area (Å²) >= 11 is 0. The van der Waals surface area contributed by atoms with Crippen molar-refractivity contribution in [3.05, 3.63) is 35.9 Å². The van der Waals surface area contributed by atoms with Crippen molar-refractivity contribution in [1.29, 1.82) is 0 Å². The van der Waals surface area contributed by atoms with Gasteiger partial charge < -0.3 is 57.9 Å². The normalized spacial score (nSPS) is 22.5. The van der Waals surface area contributed by atoms with E-state index >= 15 is 0 Å². The first kappa shape index (κ1) is 75.6. The summed E-state index contributed by atoms with van der Waals surface area (Å²) in [5, 5.41) is 40.1. The highest BCUT2D eigenvalue weighted by molar-refractivity contribution is 5.99. The minimum atomic E-state index is -1.68. The van der Waals surface area contributed by atoms with Gasteiger partial charge in [0.2, 0.25) is 47.3 Å². The first-order valence-corrected chi connectivity index (χ1v) is 32.1. The largest absolute Gasteiger partial charge is 0.458 e. The number of primary amides is 1. The van der Waals surface area contributed by atoms with Crippen LogP contribution in [0.2, 0.25) is 0 Å². The van der Waals surface area contributed by atoms with Crippen molar-refractivity contribution >= 4 is 70.6 Å². The number of hydrogen-bond donors (Lipinski definition) is 10. The molecule has 2 aliphatic rings. The Morgan fingerprint density at radius 1 is 0.614 bits per heavy atom. The van der Waals surface area contributed by atoms with E-state index in [1.54, 1.807) is 41.5 Å². The highest BCUT2D eigenvalue weighted by Gasteiger charge is 2.41. The molecule has 8 amide bonds. The minimum absolute atomic E-state index is 0.144. The van der Waals surface area contributed by atoms with E-state index in [0.29, 0.717) is 44.9 Å². The molecular weight excluding hydrogens is 1130 g/mol. The van der Waals surface area contributed by atoms with Crippen molar-refractivity contribution < 1.29 is 72.5 Å². The number of rotatable bonds is 35. The monoisotopic (exact) mass is 1240 g/mol. The summed E-state index contributed by atoms with van der Waals surface area (Å²) in [6, 6.07) is 0.600. The lowest BCUT2D eigenvalue weighted by atomic mass is 9.83. The lowest BCUT2D eigenvalue weighted by molar-refractivity contribution is -0.157. The van der Waals surface area contributed by atoms with E-state index in [1.807, 2.05) is 51.1 Å². The third kappa shape index (κ3) is 23.4. The van der Waals surface area contributed by atoms with Crippen LogP contribution in [0, 0.1) is 53.3 Å². The maximum absolute atomic E-state index is 14.5. The Morgan fingerprint density at radius 2 is 1.16 bits per heavy atom. The standard InChI is InChI=1S/C65H104N8O15/c1-12-36(6)47(33-50(76)48(27-28-53(66)79)68-60(82)45(34-74)31-51(77)54(37(7)13-2)70-59(81)44(16-5)29-42-23-19-17-20-24-42)62(84)71-55(38(8)14-3)52(78)32-46(35-75)61(83)73-57-41(11)88-65(87)56(39(9)15-4)72-63(85)49(30-43-25-21-18-22-26-43)69-58(80)40(10)67-64(57)86/h17,19-20,23-24,36-41,43-49,54-57,74-75H,12-16,18,21-22,25-35H2,1-11H3,(H2,66,79)(H,67,86)(H,68,82)(H,69,80)(H,70,81)(H,71,84)(H,72,85)(H,73,83)/t36-,37+,38+,39+,40+,41+,44-,45+,46+,47-,48-,49+,54+,55+,56+,57-/m1/s1. The van der Waals surface area contributed by atoms with Crippen LogP contribution in [0.5, 0.6) is 0 Å². The zero-order chi connectivity index (χ0) is 65.9. The summed E-state index contributed by atoms with van der Waals surface area (Å²) < 4.78 is 5.81. The Labute approximate surface area is 520 Å². The number of carbonyl (C=O) groups excluding carboxylic acids is 12. The van der Waals surface area contributed by atoms with Gasteiger partial charge in [-0.25, -0.2) is 4.79 Å². The average molecular weight is 1240 g/mol. The molecule has 0 unspecified atom stereocenters. The van der Waals surface area contributed by atoms with Crippen molar-refractivity contribution in [1.82, 2.24) is 37.2 Å². The maximum Gasteiger partial charge on any atom is 0.329 e. The summed E-state index contributed by atoms with van der Waals surface area (Å²) in [7, 11) is 0. The zero-order valence-corrected chi connectivity index (χ0v) is 53.9. The molecule has 1 aromatic carbocycles. The second-order valence-corrected chi connectivity index (χ2v) is 24.9. The van der Waals surface area contributed by atoms with Crippen molar-refractivity contribution in [3.8, 4) is 0 Å². The average Bonchev–Trinajstić information content (AvgIpc) is 3.61. The van der Waals surface area contributed by atoms with Crippen LogP contribution in [0.15, 0.2) is 30.3 Å². The Morgan fingerprint density at radius 3 is 1.68 bits per heavy atom. The molecule has 0 radical (unpaired) electrons. The van der Waals surface area contributed by atoms with Crippen LogP contribution in [0.4, 0.5) is 0 Å². The van der Waals surface area contributed by atoms with E-state index in [2.05, 4.69) is 37.2 Å². The van der Waals surface area contributed by atoms with E-state index in [0.717, 1.165) is 37.7 Å². The van der Waals surface area contributed by atoms with Crippen molar-refractivity contribution in [2.45, 2.75) is 234 Å². The van der Waals surface area contributed by atoms with Gasteiger partial charge in [0.05, 0.1) is 43.2 Å². The third-order valence-corrected chi connectivity index (χ3v) is 18.2. The van der Waals surface area contributed by atoms with Crippen LogP contribution in [-0.4, -0.2) is 142 Å². The predicted molar refractivity (Wildman–Crippen MR) is 330 cm³/mol. The highest BCUT2D eigenvalue weighted by Crippen LogP contribution is 2.29. The fourth-order valence-corrected chi connectivity index (χ4v) is 11.3. The summed E-state index contributed by atoms with van der Waals surface area (Å²) in [5.41, 5.74) is 6.45. The van der Waals surface area contributed by atoms with Crippen LogP contribution in [0.3, 0.4) is 0 Å². The molecule has 11 N–H and O–H groups in total. The SMILES string of the molecule is CC[C@H](Cc1ccccc1)C(=O)N[C@H](C(=O)C[C@@H](CO)C(=O)N[C@H](CCC(N)=O)C(=O)C[C@@H](C(=O)N[C@H](C(=O)C[C@@H](CO)C(=O)N[C@H]1C(=O)N[C@@H](C)C(=O)N[C@@H](CC2CCCCC2)C(=O)N[C@@H]([C@@H](C)CC)C(=O)O[C@H]1C)[C@@H](C)CC)[C@H](C)CC)[C@@H](C)CC. The number of carbonyl (C=O) groups is 12. The molecule has 16 atom stereocenters. The van der Waals surface area contributed by atoms with Gasteiger partial charge in [0.15, 0.2) is 17.3 Å². The molecule has 88 heavy (non-hydrogen) atoms. The number of aliphatic hydroxyl groups excluding tert-OH is 2. The molecule has 0 bridgehead atoms. The number of cyclic esters (lactones) is 1. The molecule has 2 fully saturated rings. The maximum atomic E-state index is 14.5. The van der Waals surface area contributed by atoms with Gasteiger partial charge in [-0.05, 0) is 74.7 Å². The molecule has 3 rings (SSSR count). The van der Waals surface area contributed by atoms with E-state index in [-0.39, 0.29) is 30.6 Å². The second-order valence-electron chi connectivity index (χ2n) is 24.9. The summed E-state index contributed by atoms with van der Waals surface area (Å²) in [6.45, 7) is 17.0. The topological polar surface area (TPSA) is 365 Å². The molecule has 0 aromatic heterocycles. The van der Waals surface area contributed by atoms with Crippen LogP contribution >= 0.6 is 0 Å². The Hall–Kier alpha value is -6.62. The molecule has 1 aliphatic heterocycles. The molecule has 1 aliphatic carbocycles. The van der Waals surface area contributed by atoms with Gasteiger partial charge in [-0.1, -0.05) is 150 Å². The smallest absolute Gasteiger partial charge is 0.329 e. The molecule has 1 aromatic rings. The highest BCUT2D eigenvalue weighted by atomic mass is 16.5. The molecule has 494 valence electrons. The number of esters is 1. The summed E-state index contributed by atoms with van der Waals surface area (Å²) in [4.78, 5) is 167. The third-order valence-electron chi connectivity index (χ3n) is 18.2. The molecule has 23 heteroatoms. The number of hydrogen-bond acceptors (Lipinski definition) is 15. The van der Waals surface area contributed by atoms with Gasteiger partial charge in [0.1, 0.15) is 30.3 Å². The Kier molecular flexibility index (Phi) is 32.7. The van der Waals surface area contributed by atoms with E-state index in [1.165, 1.54) is 13.8 Å². The number of amides is 8. The van der Waals surface area contributed by atoms with E-state index < -0.39 is 187 Å². The van der Waals surface area contributed by atoms with Gasteiger partial charge in [0, 0.05) is 37.5 Å². The number of nitrogens with two attached hydrogens (primary N) is 1. The lowest BCUT2D eigenvalue weighted by Gasteiger charge is -2.31. The van der Waals surface area contributed by atoms with Crippen LogP contribution in [0.25, 0.3) is 0 Å². The molecule has 0 spiro atoms. The first-order chi connectivity index (χ1) is 41.7. The summed E-state index contributed by atoms with van der Waals surface area (Å²) in [6.07, 6.45) is 3.91. The molecule has 23 nitrogen and oxygen atoms in total. The van der Waals surface area contributed by atoms with Gasteiger partial charge in [-0.15, -0.1) is 0 Å². The zero-order valence-electron chi connectivity index (χ0n) is 53.9. The quantitative estimate of drug-likeness (QED) is 0.0433. The van der Waals surface area contributed by atoms with E-state index in [4.69, 9.17) is 10.5 Å². The number of aliphatic hydroxyl groups is 2. The molecular formula is C65H104N8O15. The molecule has 1 saturated heterocycles. The van der Waals surface area contributed by atoms with Crippen molar-refractivity contribution in [2.24, 2.45) is 59.0 Å². The van der Waals surface area contributed by atoms with E-state index in [9.17, 15) is 67.7 Å². The fraction of sp³-hybridized carbons (Fsp3) is 0.723. The summed E-state index contributed by atoms with van der Waals surface area (Å²) in [5.74, 6) is -14.9. The molecule has 1 heterocycles. The van der Waals surface area contributed by atoms with Crippen molar-refractivity contribution in [3.63, 3.8) is 0 Å². The van der Waals surface area contributed by atoms with Gasteiger partial charge in [-0.2, -0.15) is 0 Å². The second kappa shape index (κ2) is 38.0.